The molecule has 1 fully saturated rings. The molecule has 0 spiro atoms. The average molecular weight is 200 g/mol. The topological polar surface area (TPSA) is 26.7 Å². The molecule has 0 bridgehead atoms. The van der Waals surface area contributed by atoms with Gasteiger partial charge in [-0.1, -0.05) is 6.92 Å². The zero-order valence-electron chi connectivity index (χ0n) is 9.74. The summed E-state index contributed by atoms with van der Waals surface area (Å²) in [5.74, 6) is 0. The van der Waals surface area contributed by atoms with Crippen LogP contribution in [-0.2, 0) is 0 Å². The fourth-order valence-corrected chi connectivity index (χ4v) is 2.26. The summed E-state index contributed by atoms with van der Waals surface area (Å²) in [7, 11) is 2.19. The second kappa shape index (κ2) is 5.69. The molecule has 0 saturated carbocycles. The number of hydrogen-bond donors (Lipinski definition) is 1. The van der Waals surface area contributed by atoms with Gasteiger partial charge in [0.1, 0.15) is 0 Å². The molecular formula is C11H24N2O. The van der Waals surface area contributed by atoms with E-state index in [2.05, 4.69) is 23.8 Å². The molecule has 84 valence electrons. The number of likely N-dealkylation sites (N-methyl/N-ethyl adjacent to an activating group) is 1. The highest BCUT2D eigenvalue weighted by atomic mass is 16.3. The van der Waals surface area contributed by atoms with Crippen molar-refractivity contribution in [3.8, 4) is 0 Å². The summed E-state index contributed by atoms with van der Waals surface area (Å²) < 4.78 is 0. The predicted molar refractivity (Wildman–Crippen MR) is 59.4 cm³/mol. The van der Waals surface area contributed by atoms with Crippen molar-refractivity contribution in [2.75, 3.05) is 33.2 Å². The maximum atomic E-state index is 9.42. The highest BCUT2D eigenvalue weighted by Gasteiger charge is 2.22. The second-order valence-electron chi connectivity index (χ2n) is 4.52. The summed E-state index contributed by atoms with van der Waals surface area (Å²) in [6.07, 6.45) is 2.20. The van der Waals surface area contributed by atoms with Crippen LogP contribution in [0.5, 0.6) is 0 Å². The number of nitrogens with zero attached hydrogens (tertiary/aromatic N) is 2. The first-order valence-corrected chi connectivity index (χ1v) is 5.74. The van der Waals surface area contributed by atoms with Gasteiger partial charge in [-0.2, -0.15) is 0 Å². The molecule has 3 heteroatoms. The van der Waals surface area contributed by atoms with Crippen molar-refractivity contribution < 1.29 is 5.11 Å². The first-order chi connectivity index (χ1) is 6.63. The Bertz CT molecular complexity index is 161. The van der Waals surface area contributed by atoms with E-state index in [0.29, 0.717) is 6.04 Å². The van der Waals surface area contributed by atoms with Crippen molar-refractivity contribution in [3.05, 3.63) is 0 Å². The van der Waals surface area contributed by atoms with Crippen molar-refractivity contribution in [1.82, 2.24) is 9.80 Å². The Morgan fingerprint density at radius 1 is 1.43 bits per heavy atom. The smallest absolute Gasteiger partial charge is 0.0639 e. The van der Waals surface area contributed by atoms with E-state index in [1.165, 1.54) is 19.4 Å². The van der Waals surface area contributed by atoms with E-state index in [1.807, 2.05) is 6.92 Å². The van der Waals surface area contributed by atoms with Crippen LogP contribution in [-0.4, -0.2) is 60.3 Å². The largest absolute Gasteiger partial charge is 0.392 e. The number of β-amino-alcohol motifs (C(OH)–C–C–N with tert-alkyl or cyclic N) is 1. The zero-order valence-corrected chi connectivity index (χ0v) is 9.74. The summed E-state index contributed by atoms with van der Waals surface area (Å²) in [4.78, 5) is 4.84. The molecule has 1 aliphatic rings. The number of aliphatic hydroxyl groups is 1. The van der Waals surface area contributed by atoms with Crippen molar-refractivity contribution in [1.29, 1.82) is 0 Å². The van der Waals surface area contributed by atoms with Gasteiger partial charge in [-0.25, -0.2) is 0 Å². The van der Waals surface area contributed by atoms with Crippen LogP contribution in [0.25, 0.3) is 0 Å². The minimum absolute atomic E-state index is 0.201. The van der Waals surface area contributed by atoms with Gasteiger partial charge in [0.2, 0.25) is 0 Å². The third-order valence-electron chi connectivity index (χ3n) is 2.99. The Labute approximate surface area is 87.7 Å². The van der Waals surface area contributed by atoms with Crippen LogP contribution in [0.2, 0.25) is 0 Å². The molecule has 14 heavy (non-hydrogen) atoms. The van der Waals surface area contributed by atoms with Gasteiger partial charge in [0, 0.05) is 19.1 Å². The highest BCUT2D eigenvalue weighted by molar-refractivity contribution is 4.78. The molecule has 1 heterocycles. The van der Waals surface area contributed by atoms with Crippen molar-refractivity contribution in [2.45, 2.75) is 38.8 Å². The van der Waals surface area contributed by atoms with E-state index in [-0.39, 0.29) is 6.10 Å². The van der Waals surface area contributed by atoms with E-state index in [0.717, 1.165) is 19.6 Å². The molecule has 0 aromatic heterocycles. The number of hydrogen-bond acceptors (Lipinski definition) is 3. The Kier molecular flexibility index (Phi) is 4.85. The van der Waals surface area contributed by atoms with E-state index < -0.39 is 0 Å². The Morgan fingerprint density at radius 3 is 2.71 bits per heavy atom. The third-order valence-corrected chi connectivity index (χ3v) is 2.99. The monoisotopic (exact) mass is 200 g/mol. The fraction of sp³-hybridized carbons (Fsp3) is 1.00. The van der Waals surface area contributed by atoms with E-state index in [9.17, 15) is 5.11 Å². The lowest BCUT2D eigenvalue weighted by atomic mass is 10.1. The minimum atomic E-state index is -0.201. The second-order valence-corrected chi connectivity index (χ2v) is 4.52. The molecule has 1 aliphatic heterocycles. The summed E-state index contributed by atoms with van der Waals surface area (Å²) in [5.41, 5.74) is 0. The van der Waals surface area contributed by atoms with Crippen LogP contribution in [0.4, 0.5) is 0 Å². The van der Waals surface area contributed by atoms with Gasteiger partial charge in [-0.15, -0.1) is 0 Å². The van der Waals surface area contributed by atoms with Crippen LogP contribution in [0.1, 0.15) is 26.7 Å². The van der Waals surface area contributed by atoms with Gasteiger partial charge >= 0.3 is 0 Å². The molecular weight excluding hydrogens is 176 g/mol. The lowest BCUT2D eigenvalue weighted by Gasteiger charge is -2.30. The van der Waals surface area contributed by atoms with Gasteiger partial charge < -0.3 is 10.0 Å². The first-order valence-electron chi connectivity index (χ1n) is 5.74. The van der Waals surface area contributed by atoms with Gasteiger partial charge in [-0.05, 0) is 39.9 Å². The van der Waals surface area contributed by atoms with Crippen LogP contribution in [0.3, 0.4) is 0 Å². The molecule has 1 saturated heterocycles. The van der Waals surface area contributed by atoms with Gasteiger partial charge in [0.05, 0.1) is 6.10 Å². The first kappa shape index (κ1) is 12.0. The van der Waals surface area contributed by atoms with Gasteiger partial charge in [0.25, 0.3) is 0 Å². The molecule has 2 atom stereocenters. The maximum absolute atomic E-state index is 9.42. The third kappa shape index (κ3) is 3.56. The van der Waals surface area contributed by atoms with Crippen LogP contribution in [0, 0.1) is 0 Å². The summed E-state index contributed by atoms with van der Waals surface area (Å²) in [5, 5.41) is 9.42. The number of rotatable bonds is 3. The SMILES string of the molecule is CCC1CN(C)CCCN1CC(C)O. The summed E-state index contributed by atoms with van der Waals surface area (Å²) >= 11 is 0. The Balaban J connectivity index is 2.51. The van der Waals surface area contributed by atoms with E-state index in [4.69, 9.17) is 0 Å². The predicted octanol–water partition coefficient (Wildman–Crippen LogP) is 0.783. The molecule has 0 radical (unpaired) electrons. The Morgan fingerprint density at radius 2 is 2.14 bits per heavy atom. The lowest BCUT2D eigenvalue weighted by molar-refractivity contribution is 0.0962. The molecule has 0 amide bonds. The summed E-state index contributed by atoms with van der Waals surface area (Å²) in [6, 6.07) is 0.622. The van der Waals surface area contributed by atoms with Crippen LogP contribution in [0.15, 0.2) is 0 Å². The minimum Gasteiger partial charge on any atom is -0.392 e. The average Bonchev–Trinajstić information content (AvgIpc) is 2.27. The molecule has 3 nitrogen and oxygen atoms in total. The molecule has 0 aromatic carbocycles. The van der Waals surface area contributed by atoms with Gasteiger partial charge in [0.15, 0.2) is 0 Å². The van der Waals surface area contributed by atoms with Crippen molar-refractivity contribution >= 4 is 0 Å². The molecule has 0 aromatic rings. The molecule has 1 rings (SSSR count). The van der Waals surface area contributed by atoms with Crippen molar-refractivity contribution in [2.24, 2.45) is 0 Å². The molecule has 1 N–H and O–H groups in total. The van der Waals surface area contributed by atoms with E-state index >= 15 is 0 Å². The van der Waals surface area contributed by atoms with E-state index in [1.54, 1.807) is 0 Å². The zero-order chi connectivity index (χ0) is 10.6. The highest BCUT2D eigenvalue weighted by Crippen LogP contribution is 2.12. The molecule has 0 aliphatic carbocycles. The van der Waals surface area contributed by atoms with Gasteiger partial charge in [-0.3, -0.25) is 4.90 Å². The number of aliphatic hydroxyl groups excluding tert-OH is 1. The Hall–Kier alpha value is -0.120. The summed E-state index contributed by atoms with van der Waals surface area (Å²) in [6.45, 7) is 8.40. The van der Waals surface area contributed by atoms with Crippen LogP contribution < -0.4 is 0 Å². The van der Waals surface area contributed by atoms with Crippen LogP contribution >= 0.6 is 0 Å². The quantitative estimate of drug-likeness (QED) is 0.729. The lowest BCUT2D eigenvalue weighted by Crippen LogP contribution is -2.42. The van der Waals surface area contributed by atoms with Crippen molar-refractivity contribution in [3.63, 3.8) is 0 Å². The normalized spacial score (nSPS) is 28.7. The fourth-order valence-electron chi connectivity index (χ4n) is 2.26. The standard InChI is InChI=1S/C11H24N2O/c1-4-11-9-12(3)6-5-7-13(11)8-10(2)14/h10-11,14H,4-9H2,1-3H3. The molecule has 2 unspecified atom stereocenters. The maximum Gasteiger partial charge on any atom is 0.0639 e.